The lowest BCUT2D eigenvalue weighted by Gasteiger charge is -2.32. The van der Waals surface area contributed by atoms with E-state index in [1.165, 1.54) is 19.3 Å². The number of aryl methyl sites for hydroxylation is 1. The Labute approximate surface area is 188 Å². The molecule has 2 aliphatic heterocycles. The molecule has 1 atom stereocenters. The minimum atomic E-state index is -0.144. The molecule has 1 saturated heterocycles. The molecule has 4 rings (SSSR count). The number of halogens is 1. The average Bonchev–Trinajstić information content (AvgIpc) is 3.05. The molecule has 31 heavy (non-hydrogen) atoms. The first-order valence-corrected chi connectivity index (χ1v) is 11.7. The highest BCUT2D eigenvalue weighted by Gasteiger charge is 2.29. The van der Waals surface area contributed by atoms with Gasteiger partial charge in [0.2, 0.25) is 5.91 Å². The van der Waals surface area contributed by atoms with E-state index in [0.29, 0.717) is 36.5 Å². The molecule has 1 aromatic carbocycles. The molecule has 0 radical (unpaired) electrons. The zero-order valence-corrected chi connectivity index (χ0v) is 18.6. The molecule has 2 aromatic rings. The topological polar surface area (TPSA) is 80.1 Å². The molecule has 7 nitrogen and oxygen atoms in total. The van der Waals surface area contributed by atoms with Gasteiger partial charge in [-0.25, -0.2) is 0 Å². The summed E-state index contributed by atoms with van der Waals surface area (Å²) in [4.78, 5) is 26.9. The van der Waals surface area contributed by atoms with Crippen molar-refractivity contribution in [2.45, 2.75) is 63.8 Å². The normalized spacial score (nSPS) is 18.9. The van der Waals surface area contributed by atoms with Crippen molar-refractivity contribution in [2.24, 2.45) is 0 Å². The first-order valence-electron chi connectivity index (χ1n) is 11.4. The Hall–Kier alpha value is -2.41. The van der Waals surface area contributed by atoms with Gasteiger partial charge < -0.3 is 14.8 Å². The van der Waals surface area contributed by atoms with Gasteiger partial charge in [0.25, 0.3) is 5.91 Å². The zero-order valence-electron chi connectivity index (χ0n) is 17.9. The Bertz CT molecular complexity index is 911. The molecular weight excluding hydrogens is 414 g/mol. The van der Waals surface area contributed by atoms with E-state index < -0.39 is 0 Å². The summed E-state index contributed by atoms with van der Waals surface area (Å²) in [5, 5.41) is 12.4. The molecular formula is C23H30ClN5O2. The van der Waals surface area contributed by atoms with E-state index in [2.05, 4.69) is 20.1 Å². The van der Waals surface area contributed by atoms with Crippen LogP contribution in [0.1, 0.15) is 72.9 Å². The molecule has 0 saturated carbocycles. The predicted molar refractivity (Wildman–Crippen MR) is 119 cm³/mol. The predicted octanol–water partition coefficient (Wildman–Crippen LogP) is 3.57. The van der Waals surface area contributed by atoms with Gasteiger partial charge in [0.05, 0.1) is 0 Å². The molecule has 0 spiro atoms. The second-order valence-corrected chi connectivity index (χ2v) is 8.92. The summed E-state index contributed by atoms with van der Waals surface area (Å²) in [6.07, 6.45) is 7.71. The summed E-state index contributed by atoms with van der Waals surface area (Å²) >= 11 is 5.85. The third-order valence-electron chi connectivity index (χ3n) is 6.24. The lowest BCUT2D eigenvalue weighted by atomic mass is 9.96. The third kappa shape index (κ3) is 5.45. The van der Waals surface area contributed by atoms with E-state index in [9.17, 15) is 9.59 Å². The highest BCUT2D eigenvalue weighted by Crippen LogP contribution is 2.28. The van der Waals surface area contributed by atoms with Gasteiger partial charge in [-0.2, -0.15) is 0 Å². The van der Waals surface area contributed by atoms with Crippen LogP contribution >= 0.6 is 11.6 Å². The Morgan fingerprint density at radius 1 is 1.06 bits per heavy atom. The van der Waals surface area contributed by atoms with Crippen LogP contribution in [0.5, 0.6) is 0 Å². The zero-order chi connectivity index (χ0) is 21.6. The molecule has 8 heteroatoms. The van der Waals surface area contributed by atoms with Crippen molar-refractivity contribution in [3.63, 3.8) is 0 Å². The fourth-order valence-electron chi connectivity index (χ4n) is 4.53. The van der Waals surface area contributed by atoms with Crippen LogP contribution in [0, 0.1) is 0 Å². The first kappa shape index (κ1) is 21.8. The fraction of sp³-hybridized carbons (Fsp3) is 0.565. The van der Waals surface area contributed by atoms with Gasteiger partial charge in [0.1, 0.15) is 11.6 Å². The van der Waals surface area contributed by atoms with Crippen molar-refractivity contribution < 1.29 is 9.59 Å². The minimum absolute atomic E-state index is 0.144. The number of carbonyl (C=O) groups excluding carboxylic acids is 2. The Morgan fingerprint density at radius 2 is 1.90 bits per heavy atom. The number of benzene rings is 1. The van der Waals surface area contributed by atoms with E-state index in [0.717, 1.165) is 44.0 Å². The number of nitrogens with one attached hydrogen (secondary N) is 1. The quantitative estimate of drug-likeness (QED) is 0.692. The molecule has 2 amide bonds. The molecule has 0 aliphatic carbocycles. The lowest BCUT2D eigenvalue weighted by molar-refractivity contribution is -0.132. The van der Waals surface area contributed by atoms with Crippen LogP contribution in [-0.4, -0.2) is 51.1 Å². The van der Waals surface area contributed by atoms with Crippen LogP contribution < -0.4 is 5.32 Å². The van der Waals surface area contributed by atoms with E-state index in [1.54, 1.807) is 24.3 Å². The minimum Gasteiger partial charge on any atom is -0.352 e. The first-order chi connectivity index (χ1) is 15.1. The van der Waals surface area contributed by atoms with Crippen LogP contribution in [0.15, 0.2) is 24.3 Å². The van der Waals surface area contributed by atoms with Gasteiger partial charge in [-0.15, -0.1) is 10.2 Å². The van der Waals surface area contributed by atoms with Crippen molar-refractivity contribution in [2.75, 3.05) is 19.6 Å². The number of hydrogen-bond acceptors (Lipinski definition) is 4. The van der Waals surface area contributed by atoms with Crippen LogP contribution in [0.25, 0.3) is 0 Å². The Morgan fingerprint density at radius 3 is 2.74 bits per heavy atom. The van der Waals surface area contributed by atoms with Gasteiger partial charge in [-0.1, -0.05) is 18.0 Å². The van der Waals surface area contributed by atoms with Crippen LogP contribution in [0.4, 0.5) is 0 Å². The van der Waals surface area contributed by atoms with Gasteiger partial charge in [-0.05, 0) is 56.4 Å². The summed E-state index contributed by atoms with van der Waals surface area (Å²) in [6, 6.07) is 6.78. The van der Waals surface area contributed by atoms with Gasteiger partial charge in [0.15, 0.2) is 0 Å². The van der Waals surface area contributed by atoms with Crippen LogP contribution in [0.2, 0.25) is 5.02 Å². The van der Waals surface area contributed by atoms with E-state index >= 15 is 0 Å². The van der Waals surface area contributed by atoms with Gasteiger partial charge in [0, 0.05) is 55.5 Å². The number of nitrogens with zero attached hydrogens (tertiary/aromatic N) is 4. The SMILES string of the molecule is O=C(NCCCC(=O)N1CCCC(c2nnc3n2CCCCC3)C1)c1ccc(Cl)cc1. The number of hydrogen-bond donors (Lipinski definition) is 1. The molecule has 1 aromatic heterocycles. The molecule has 1 N–H and O–H groups in total. The number of carbonyl (C=O) groups is 2. The lowest BCUT2D eigenvalue weighted by Crippen LogP contribution is -2.40. The number of piperidine rings is 1. The van der Waals surface area contributed by atoms with E-state index in [4.69, 9.17) is 11.6 Å². The maximum atomic E-state index is 12.8. The highest BCUT2D eigenvalue weighted by atomic mass is 35.5. The number of fused-ring (bicyclic) bond motifs is 1. The molecule has 2 aliphatic rings. The average molecular weight is 444 g/mol. The molecule has 0 bridgehead atoms. The fourth-order valence-corrected chi connectivity index (χ4v) is 4.65. The van der Waals surface area contributed by atoms with E-state index in [-0.39, 0.29) is 17.7 Å². The highest BCUT2D eigenvalue weighted by molar-refractivity contribution is 6.30. The third-order valence-corrected chi connectivity index (χ3v) is 6.49. The van der Waals surface area contributed by atoms with Crippen LogP contribution in [0.3, 0.4) is 0 Å². The van der Waals surface area contributed by atoms with Crippen molar-refractivity contribution in [1.82, 2.24) is 25.0 Å². The summed E-state index contributed by atoms with van der Waals surface area (Å²) in [5.41, 5.74) is 0.571. The van der Waals surface area contributed by atoms with Crippen molar-refractivity contribution >= 4 is 23.4 Å². The Balaban J connectivity index is 1.25. The van der Waals surface area contributed by atoms with Crippen molar-refractivity contribution in [3.8, 4) is 0 Å². The second kappa shape index (κ2) is 10.3. The van der Waals surface area contributed by atoms with Crippen molar-refractivity contribution in [1.29, 1.82) is 0 Å². The largest absolute Gasteiger partial charge is 0.352 e. The maximum absolute atomic E-state index is 12.8. The number of likely N-dealkylation sites (tertiary alicyclic amines) is 1. The number of amides is 2. The summed E-state index contributed by atoms with van der Waals surface area (Å²) in [5.74, 6) is 2.44. The monoisotopic (exact) mass is 443 g/mol. The smallest absolute Gasteiger partial charge is 0.251 e. The van der Waals surface area contributed by atoms with Gasteiger partial charge >= 0.3 is 0 Å². The second-order valence-electron chi connectivity index (χ2n) is 8.48. The number of aromatic nitrogens is 3. The van der Waals surface area contributed by atoms with E-state index in [1.807, 2.05) is 4.90 Å². The maximum Gasteiger partial charge on any atom is 0.251 e. The molecule has 1 unspecified atom stereocenters. The summed E-state index contributed by atoms with van der Waals surface area (Å²) < 4.78 is 2.30. The molecule has 3 heterocycles. The summed E-state index contributed by atoms with van der Waals surface area (Å²) in [6.45, 7) is 2.99. The standard InChI is InChI=1S/C23H30ClN5O2/c24-19-11-9-17(10-12-19)23(31)25-13-4-8-21(30)28-14-5-6-18(16-28)22-27-26-20-7-2-1-3-15-29(20)22/h9-12,18H,1-8,13-16H2,(H,25,31). The number of rotatable bonds is 6. The van der Waals surface area contributed by atoms with Gasteiger partial charge in [-0.3, -0.25) is 9.59 Å². The van der Waals surface area contributed by atoms with Crippen LogP contribution in [-0.2, 0) is 17.8 Å². The Kier molecular flexibility index (Phi) is 7.22. The summed E-state index contributed by atoms with van der Waals surface area (Å²) in [7, 11) is 0. The molecule has 166 valence electrons. The van der Waals surface area contributed by atoms with Crippen molar-refractivity contribution in [3.05, 3.63) is 46.5 Å². The molecule has 1 fully saturated rings.